The number of thioether (sulfide) groups is 1. The SMILES string of the molecule is C#CCNC1CSC1(C)C. The molecule has 1 unspecified atom stereocenters. The van der Waals surface area contributed by atoms with Crippen LogP contribution in [-0.2, 0) is 0 Å². The lowest BCUT2D eigenvalue weighted by molar-refractivity contribution is 0.458. The van der Waals surface area contributed by atoms with E-state index in [1.807, 2.05) is 11.8 Å². The predicted molar refractivity (Wildman–Crippen MR) is 47.2 cm³/mol. The largest absolute Gasteiger partial charge is 0.301 e. The van der Waals surface area contributed by atoms with Gasteiger partial charge in [0.25, 0.3) is 0 Å². The van der Waals surface area contributed by atoms with E-state index in [-0.39, 0.29) is 0 Å². The number of nitrogens with one attached hydrogen (secondary N) is 1. The van der Waals surface area contributed by atoms with Gasteiger partial charge in [-0.3, -0.25) is 0 Å². The van der Waals surface area contributed by atoms with Crippen LogP contribution in [0.15, 0.2) is 0 Å². The Balaban J connectivity index is 2.25. The van der Waals surface area contributed by atoms with Crippen molar-refractivity contribution in [3.05, 3.63) is 0 Å². The lowest BCUT2D eigenvalue weighted by atomic mass is 10.0. The van der Waals surface area contributed by atoms with Crippen LogP contribution in [0.4, 0.5) is 0 Å². The average Bonchev–Trinajstić information content (AvgIpc) is 1.87. The lowest BCUT2D eigenvalue weighted by Crippen LogP contribution is -2.54. The molecule has 1 N–H and O–H groups in total. The first kappa shape index (κ1) is 7.97. The van der Waals surface area contributed by atoms with E-state index in [4.69, 9.17) is 6.42 Å². The van der Waals surface area contributed by atoms with Gasteiger partial charge in [-0.2, -0.15) is 11.8 Å². The third kappa shape index (κ3) is 1.47. The first-order chi connectivity index (χ1) is 4.67. The minimum Gasteiger partial charge on any atom is -0.301 e. The van der Waals surface area contributed by atoms with Crippen molar-refractivity contribution >= 4 is 11.8 Å². The lowest BCUT2D eigenvalue weighted by Gasteiger charge is -2.43. The van der Waals surface area contributed by atoms with Gasteiger partial charge in [0.2, 0.25) is 0 Å². The Morgan fingerprint density at radius 1 is 1.80 bits per heavy atom. The standard InChI is InChI=1S/C8H13NS/c1-4-5-9-7-6-10-8(7,2)3/h1,7,9H,5-6H2,2-3H3. The summed E-state index contributed by atoms with van der Waals surface area (Å²) in [5.74, 6) is 3.79. The molecule has 1 atom stereocenters. The molecule has 10 heavy (non-hydrogen) atoms. The molecule has 0 aromatic heterocycles. The van der Waals surface area contributed by atoms with Gasteiger partial charge >= 0.3 is 0 Å². The van der Waals surface area contributed by atoms with E-state index in [2.05, 4.69) is 25.1 Å². The zero-order valence-corrected chi connectivity index (χ0v) is 7.29. The molecule has 0 saturated carbocycles. The van der Waals surface area contributed by atoms with E-state index < -0.39 is 0 Å². The minimum absolute atomic E-state index is 0.400. The Morgan fingerprint density at radius 2 is 2.50 bits per heavy atom. The summed E-state index contributed by atoms with van der Waals surface area (Å²) < 4.78 is 0.400. The fourth-order valence-electron chi connectivity index (χ4n) is 0.987. The summed E-state index contributed by atoms with van der Waals surface area (Å²) in [6, 6.07) is 0.619. The molecular formula is C8H13NS. The maximum atomic E-state index is 5.12. The first-order valence-corrected chi connectivity index (χ1v) is 4.46. The van der Waals surface area contributed by atoms with Crippen LogP contribution < -0.4 is 5.32 Å². The van der Waals surface area contributed by atoms with Crippen molar-refractivity contribution in [2.45, 2.75) is 24.6 Å². The Kier molecular flexibility index (Phi) is 2.28. The molecule has 0 aliphatic carbocycles. The van der Waals surface area contributed by atoms with Crippen LogP contribution in [0.1, 0.15) is 13.8 Å². The Morgan fingerprint density at radius 3 is 2.80 bits per heavy atom. The molecule has 1 aliphatic heterocycles. The number of hydrogen-bond donors (Lipinski definition) is 1. The van der Waals surface area contributed by atoms with Crippen LogP contribution in [0.25, 0.3) is 0 Å². The first-order valence-electron chi connectivity index (χ1n) is 3.47. The van der Waals surface area contributed by atoms with Gasteiger partial charge in [0.15, 0.2) is 0 Å². The maximum Gasteiger partial charge on any atom is 0.0576 e. The summed E-state index contributed by atoms with van der Waals surface area (Å²) in [5, 5.41) is 3.30. The van der Waals surface area contributed by atoms with Crippen LogP contribution in [-0.4, -0.2) is 23.1 Å². The maximum absolute atomic E-state index is 5.12. The monoisotopic (exact) mass is 155 g/mol. The number of hydrogen-bond acceptors (Lipinski definition) is 2. The second-order valence-electron chi connectivity index (χ2n) is 3.05. The fourth-order valence-corrected chi connectivity index (χ4v) is 2.19. The molecule has 2 heteroatoms. The topological polar surface area (TPSA) is 12.0 Å². The van der Waals surface area contributed by atoms with Crippen LogP contribution in [0, 0.1) is 12.3 Å². The van der Waals surface area contributed by atoms with Crippen molar-refractivity contribution in [2.75, 3.05) is 12.3 Å². The molecule has 0 aromatic rings. The zero-order chi connectivity index (χ0) is 7.61. The van der Waals surface area contributed by atoms with Crippen LogP contribution in [0.2, 0.25) is 0 Å². The third-order valence-electron chi connectivity index (χ3n) is 1.91. The van der Waals surface area contributed by atoms with Gasteiger partial charge in [0.1, 0.15) is 0 Å². The van der Waals surface area contributed by atoms with Crippen LogP contribution in [0.3, 0.4) is 0 Å². The highest BCUT2D eigenvalue weighted by atomic mass is 32.2. The molecule has 56 valence electrons. The van der Waals surface area contributed by atoms with Gasteiger partial charge < -0.3 is 5.32 Å². The van der Waals surface area contributed by atoms with Crippen molar-refractivity contribution in [2.24, 2.45) is 0 Å². The van der Waals surface area contributed by atoms with E-state index in [0.717, 1.165) is 0 Å². The van der Waals surface area contributed by atoms with Gasteiger partial charge in [-0.1, -0.05) is 5.92 Å². The normalized spacial score (nSPS) is 28.7. The van der Waals surface area contributed by atoms with E-state index in [9.17, 15) is 0 Å². The average molecular weight is 155 g/mol. The zero-order valence-electron chi connectivity index (χ0n) is 6.48. The van der Waals surface area contributed by atoms with Crippen LogP contribution >= 0.6 is 11.8 Å². The quantitative estimate of drug-likeness (QED) is 0.599. The van der Waals surface area contributed by atoms with Crippen molar-refractivity contribution in [3.63, 3.8) is 0 Å². The summed E-state index contributed by atoms with van der Waals surface area (Å²) in [6.45, 7) is 5.19. The summed E-state index contributed by atoms with van der Waals surface area (Å²) >= 11 is 1.99. The van der Waals surface area contributed by atoms with E-state index in [0.29, 0.717) is 17.3 Å². The minimum atomic E-state index is 0.400. The molecule has 1 rings (SSSR count). The highest BCUT2D eigenvalue weighted by molar-refractivity contribution is 8.02. The van der Waals surface area contributed by atoms with Crippen LogP contribution in [0.5, 0.6) is 0 Å². The second-order valence-corrected chi connectivity index (χ2v) is 4.73. The molecule has 0 aromatic carbocycles. The summed E-state index contributed by atoms with van der Waals surface area (Å²) in [7, 11) is 0. The van der Waals surface area contributed by atoms with Crippen molar-refractivity contribution in [1.82, 2.24) is 5.32 Å². The van der Waals surface area contributed by atoms with E-state index in [1.54, 1.807) is 0 Å². The molecule has 1 heterocycles. The summed E-state index contributed by atoms with van der Waals surface area (Å²) in [5.41, 5.74) is 0. The van der Waals surface area contributed by atoms with Gasteiger partial charge in [0.05, 0.1) is 6.54 Å². The van der Waals surface area contributed by atoms with Crippen molar-refractivity contribution < 1.29 is 0 Å². The molecule has 0 radical (unpaired) electrons. The molecule has 0 bridgehead atoms. The third-order valence-corrected chi connectivity index (χ3v) is 3.44. The van der Waals surface area contributed by atoms with Gasteiger partial charge in [-0.05, 0) is 13.8 Å². The molecular weight excluding hydrogens is 142 g/mol. The molecule has 0 spiro atoms. The second kappa shape index (κ2) is 2.86. The predicted octanol–water partition coefficient (Wildman–Crippen LogP) is 1.10. The highest BCUT2D eigenvalue weighted by Gasteiger charge is 2.38. The smallest absolute Gasteiger partial charge is 0.0576 e. The fraction of sp³-hybridized carbons (Fsp3) is 0.750. The highest BCUT2D eigenvalue weighted by Crippen LogP contribution is 2.39. The number of terminal acetylenes is 1. The Bertz CT molecular complexity index is 157. The Hall–Kier alpha value is -0.130. The molecule has 1 fully saturated rings. The van der Waals surface area contributed by atoms with Gasteiger partial charge in [0, 0.05) is 16.5 Å². The molecule has 0 amide bonds. The van der Waals surface area contributed by atoms with Crippen molar-refractivity contribution in [1.29, 1.82) is 0 Å². The van der Waals surface area contributed by atoms with Gasteiger partial charge in [-0.15, -0.1) is 6.42 Å². The van der Waals surface area contributed by atoms with E-state index in [1.165, 1.54) is 5.75 Å². The van der Waals surface area contributed by atoms with E-state index >= 15 is 0 Å². The number of rotatable bonds is 2. The Labute approximate surface area is 67.0 Å². The summed E-state index contributed by atoms with van der Waals surface area (Å²) in [6.07, 6.45) is 5.12. The molecule has 1 aliphatic rings. The van der Waals surface area contributed by atoms with Crippen molar-refractivity contribution in [3.8, 4) is 12.3 Å². The van der Waals surface area contributed by atoms with Gasteiger partial charge in [-0.25, -0.2) is 0 Å². The summed E-state index contributed by atoms with van der Waals surface area (Å²) in [4.78, 5) is 0. The molecule has 1 saturated heterocycles. The molecule has 1 nitrogen and oxygen atoms in total.